The highest BCUT2D eigenvalue weighted by Gasteiger charge is 2.47. The Kier molecular flexibility index (Phi) is 4.06. The van der Waals surface area contributed by atoms with Crippen LogP contribution in [0.4, 0.5) is 13.2 Å². The van der Waals surface area contributed by atoms with Gasteiger partial charge in [-0.15, -0.1) is 0 Å². The fourth-order valence-electron chi connectivity index (χ4n) is 1.94. The first-order valence-electron chi connectivity index (χ1n) is 5.83. The Hall–Kier alpha value is -0.780. The molecule has 1 unspecified atom stereocenters. The Labute approximate surface area is 99.1 Å². The molecule has 1 rings (SSSR count). The average Bonchev–Trinajstić information content (AvgIpc) is 2.96. The minimum Gasteiger partial charge on any atom is -0.332 e. The van der Waals surface area contributed by atoms with Gasteiger partial charge in [0.05, 0.1) is 5.54 Å². The summed E-state index contributed by atoms with van der Waals surface area (Å²) in [7, 11) is 0. The summed E-state index contributed by atoms with van der Waals surface area (Å²) in [6.45, 7) is 2.16. The van der Waals surface area contributed by atoms with Crippen LogP contribution in [0.15, 0.2) is 0 Å². The summed E-state index contributed by atoms with van der Waals surface area (Å²) in [6.07, 6.45) is -2.23. The summed E-state index contributed by atoms with van der Waals surface area (Å²) >= 11 is 0. The molecule has 0 radical (unpaired) electrons. The fourth-order valence-corrected chi connectivity index (χ4v) is 1.94. The van der Waals surface area contributed by atoms with E-state index in [1.54, 1.807) is 6.92 Å². The molecule has 0 spiro atoms. The third-order valence-corrected chi connectivity index (χ3v) is 3.04. The third kappa shape index (κ3) is 3.87. The van der Waals surface area contributed by atoms with Gasteiger partial charge in [-0.1, -0.05) is 6.92 Å². The second kappa shape index (κ2) is 4.84. The minimum atomic E-state index is -4.37. The maximum absolute atomic E-state index is 12.4. The molecule has 0 bridgehead atoms. The summed E-state index contributed by atoms with van der Waals surface area (Å²) in [5, 5.41) is 0. The molecule has 1 aliphatic rings. The third-order valence-electron chi connectivity index (χ3n) is 3.04. The quantitative estimate of drug-likeness (QED) is 0.812. The van der Waals surface area contributed by atoms with E-state index in [0.717, 1.165) is 17.7 Å². The van der Waals surface area contributed by atoms with Crippen molar-refractivity contribution in [2.24, 2.45) is 11.7 Å². The van der Waals surface area contributed by atoms with Crippen molar-refractivity contribution in [1.29, 1.82) is 0 Å². The lowest BCUT2D eigenvalue weighted by atomic mass is 9.95. The van der Waals surface area contributed by atoms with Crippen LogP contribution in [0.2, 0.25) is 0 Å². The first-order valence-corrected chi connectivity index (χ1v) is 5.83. The number of rotatable bonds is 5. The van der Waals surface area contributed by atoms with Gasteiger partial charge in [0.25, 0.3) is 0 Å². The molecule has 6 heteroatoms. The maximum Gasteiger partial charge on any atom is 0.406 e. The molecule has 1 aliphatic carbocycles. The zero-order valence-corrected chi connectivity index (χ0v) is 10.2. The highest BCUT2D eigenvalue weighted by Crippen LogP contribution is 2.39. The molecule has 1 saturated carbocycles. The molecule has 3 nitrogen and oxygen atoms in total. The van der Waals surface area contributed by atoms with Crippen molar-refractivity contribution in [3.05, 3.63) is 0 Å². The number of carbonyl (C=O) groups excluding carboxylic acids is 1. The highest BCUT2D eigenvalue weighted by molar-refractivity contribution is 5.86. The number of alkyl halides is 3. The summed E-state index contributed by atoms with van der Waals surface area (Å²) < 4.78 is 37.1. The number of halogens is 3. The van der Waals surface area contributed by atoms with Crippen molar-refractivity contribution in [3.63, 3.8) is 0 Å². The molecule has 1 fully saturated rings. The minimum absolute atomic E-state index is 0.0302. The van der Waals surface area contributed by atoms with Crippen molar-refractivity contribution < 1.29 is 18.0 Å². The number of nitrogens with zero attached hydrogens (tertiary/aromatic N) is 1. The van der Waals surface area contributed by atoms with Gasteiger partial charge in [0, 0.05) is 6.54 Å². The Morgan fingerprint density at radius 2 is 1.94 bits per heavy atom. The van der Waals surface area contributed by atoms with E-state index in [9.17, 15) is 18.0 Å². The molecule has 1 amide bonds. The average molecular weight is 252 g/mol. The van der Waals surface area contributed by atoms with Crippen LogP contribution in [-0.4, -0.2) is 35.6 Å². The molecule has 0 saturated heterocycles. The van der Waals surface area contributed by atoms with E-state index >= 15 is 0 Å². The van der Waals surface area contributed by atoms with Gasteiger partial charge in [0.1, 0.15) is 6.54 Å². The van der Waals surface area contributed by atoms with Gasteiger partial charge < -0.3 is 10.6 Å². The molecule has 0 aromatic carbocycles. The Balaban J connectivity index is 2.72. The van der Waals surface area contributed by atoms with Crippen molar-refractivity contribution in [1.82, 2.24) is 4.90 Å². The summed E-state index contributed by atoms with van der Waals surface area (Å²) in [5.41, 5.74) is 4.70. The van der Waals surface area contributed by atoms with E-state index < -0.39 is 24.2 Å². The van der Waals surface area contributed by atoms with Gasteiger partial charge in [0.2, 0.25) is 5.91 Å². The van der Waals surface area contributed by atoms with Crippen LogP contribution in [-0.2, 0) is 4.79 Å². The Morgan fingerprint density at radius 1 is 1.41 bits per heavy atom. The van der Waals surface area contributed by atoms with E-state index in [4.69, 9.17) is 5.73 Å². The fraction of sp³-hybridized carbons (Fsp3) is 0.909. The van der Waals surface area contributed by atoms with Gasteiger partial charge in [-0.2, -0.15) is 13.2 Å². The second-order valence-corrected chi connectivity index (χ2v) is 4.90. The van der Waals surface area contributed by atoms with Crippen molar-refractivity contribution >= 4 is 5.91 Å². The van der Waals surface area contributed by atoms with Crippen LogP contribution in [0, 0.1) is 5.92 Å². The van der Waals surface area contributed by atoms with E-state index in [2.05, 4.69) is 0 Å². The predicted molar refractivity (Wildman–Crippen MR) is 58.2 cm³/mol. The lowest BCUT2D eigenvalue weighted by molar-refractivity contribution is -0.164. The van der Waals surface area contributed by atoms with Crippen LogP contribution < -0.4 is 5.73 Å². The van der Waals surface area contributed by atoms with Crippen LogP contribution >= 0.6 is 0 Å². The van der Waals surface area contributed by atoms with Gasteiger partial charge in [-0.05, 0) is 32.1 Å². The molecule has 0 aromatic heterocycles. The van der Waals surface area contributed by atoms with Gasteiger partial charge in [0.15, 0.2) is 0 Å². The van der Waals surface area contributed by atoms with Crippen molar-refractivity contribution in [3.8, 4) is 0 Å². The smallest absolute Gasteiger partial charge is 0.332 e. The molecule has 0 aromatic rings. The Morgan fingerprint density at radius 3 is 2.29 bits per heavy atom. The van der Waals surface area contributed by atoms with E-state index in [1.165, 1.54) is 6.92 Å². The summed E-state index contributed by atoms with van der Waals surface area (Å²) in [6, 6.07) is 0. The van der Waals surface area contributed by atoms with Crippen LogP contribution in [0.5, 0.6) is 0 Å². The number of hydrogen-bond donors (Lipinski definition) is 1. The number of nitrogens with two attached hydrogens (primary N) is 1. The van der Waals surface area contributed by atoms with Crippen molar-refractivity contribution in [2.45, 2.75) is 44.8 Å². The lowest BCUT2D eigenvalue weighted by Gasteiger charge is -2.32. The number of carbonyl (C=O) groups is 1. The van der Waals surface area contributed by atoms with E-state index in [1.807, 2.05) is 0 Å². The number of hydrogen-bond acceptors (Lipinski definition) is 2. The topological polar surface area (TPSA) is 46.3 Å². The van der Waals surface area contributed by atoms with Crippen LogP contribution in [0.3, 0.4) is 0 Å². The van der Waals surface area contributed by atoms with Crippen LogP contribution in [0.25, 0.3) is 0 Å². The van der Waals surface area contributed by atoms with Crippen LogP contribution in [0.1, 0.15) is 33.1 Å². The first-order chi connectivity index (χ1) is 7.68. The molecular formula is C11H19F3N2O. The Bertz CT molecular complexity index is 285. The van der Waals surface area contributed by atoms with E-state index in [0.29, 0.717) is 6.42 Å². The molecule has 100 valence electrons. The zero-order valence-electron chi connectivity index (χ0n) is 10.2. The molecule has 2 N–H and O–H groups in total. The summed E-state index contributed by atoms with van der Waals surface area (Å²) in [4.78, 5) is 12.8. The molecule has 1 atom stereocenters. The molecule has 0 heterocycles. The van der Waals surface area contributed by atoms with Crippen molar-refractivity contribution in [2.75, 3.05) is 13.1 Å². The monoisotopic (exact) mass is 252 g/mol. The van der Waals surface area contributed by atoms with Gasteiger partial charge >= 0.3 is 6.18 Å². The van der Waals surface area contributed by atoms with E-state index in [-0.39, 0.29) is 12.5 Å². The normalized spacial score (nSPS) is 19.9. The standard InChI is InChI=1S/C11H19F3N2O/c1-3-6-16(7-11(12,13)14)9(17)10(2,15)8-4-5-8/h8H,3-7,15H2,1-2H3. The van der Waals surface area contributed by atoms with Gasteiger partial charge in [-0.3, -0.25) is 4.79 Å². The molecular weight excluding hydrogens is 233 g/mol. The van der Waals surface area contributed by atoms with Gasteiger partial charge in [-0.25, -0.2) is 0 Å². The zero-order chi connectivity index (χ0) is 13.3. The summed E-state index contributed by atoms with van der Waals surface area (Å²) in [5.74, 6) is -0.554. The second-order valence-electron chi connectivity index (χ2n) is 4.90. The predicted octanol–water partition coefficient (Wildman–Crippen LogP) is 1.91. The lowest BCUT2D eigenvalue weighted by Crippen LogP contribution is -2.56. The SMILES string of the molecule is CCCN(CC(F)(F)F)C(=O)C(C)(N)C1CC1. The largest absolute Gasteiger partial charge is 0.406 e. The molecule has 17 heavy (non-hydrogen) atoms. The first kappa shape index (κ1) is 14.3. The highest BCUT2D eigenvalue weighted by atomic mass is 19.4. The maximum atomic E-state index is 12.4. The molecule has 0 aliphatic heterocycles. The number of amides is 1.